The third kappa shape index (κ3) is 17.8. The highest BCUT2D eigenvalue weighted by atomic mass is 16.6. The maximum atomic E-state index is 8.63. The molecule has 154 valence electrons. The highest BCUT2D eigenvalue weighted by Gasteiger charge is 2.21. The largest absolute Gasteiger partial charge is 0.508 e. The van der Waals surface area contributed by atoms with E-state index in [4.69, 9.17) is 14.6 Å². The van der Waals surface area contributed by atoms with Crippen molar-refractivity contribution >= 4 is 0 Å². The predicted molar refractivity (Wildman–Crippen MR) is 114 cm³/mol. The van der Waals surface area contributed by atoms with Crippen LogP contribution in [0.15, 0.2) is 42.5 Å². The molecule has 2 rings (SSSR count). The van der Waals surface area contributed by atoms with Crippen LogP contribution in [0.4, 0.5) is 0 Å². The first-order valence-electron chi connectivity index (χ1n) is 10.9. The monoisotopic (exact) mass is 376 g/mol. The Hall–Kier alpha value is -1.32. The molecule has 0 amide bonds. The fourth-order valence-corrected chi connectivity index (χ4v) is 2.77. The van der Waals surface area contributed by atoms with E-state index in [0.717, 1.165) is 26.2 Å². The molecule has 0 bridgehead atoms. The number of unbranched alkanes of at least 4 members (excludes halogenated alkanes) is 9. The number of hydrogen-bond acceptors (Lipinski definition) is 3. The van der Waals surface area contributed by atoms with Crippen molar-refractivity contribution < 1.29 is 14.6 Å². The van der Waals surface area contributed by atoms with E-state index in [1.165, 1.54) is 64.2 Å². The summed E-state index contributed by atoms with van der Waals surface area (Å²) in [4.78, 5) is 0. The number of epoxide rings is 1. The molecule has 27 heavy (non-hydrogen) atoms. The molecule has 0 aromatic heterocycles. The Labute approximate surface area is 166 Å². The Morgan fingerprint density at radius 3 is 2.07 bits per heavy atom. The van der Waals surface area contributed by atoms with Crippen LogP contribution in [0.2, 0.25) is 0 Å². The van der Waals surface area contributed by atoms with Gasteiger partial charge in [0.15, 0.2) is 0 Å². The van der Waals surface area contributed by atoms with Gasteiger partial charge in [-0.2, -0.15) is 0 Å². The summed E-state index contributed by atoms with van der Waals surface area (Å²) in [6.07, 6.45) is 20.0. The van der Waals surface area contributed by atoms with E-state index in [2.05, 4.69) is 19.1 Å². The van der Waals surface area contributed by atoms with Crippen LogP contribution in [0, 0.1) is 0 Å². The van der Waals surface area contributed by atoms with Crippen LogP contribution >= 0.6 is 0 Å². The topological polar surface area (TPSA) is 42.0 Å². The quantitative estimate of drug-likeness (QED) is 0.211. The average molecular weight is 377 g/mol. The number of para-hydroxylation sites is 1. The molecule has 0 saturated carbocycles. The third-order valence-corrected chi connectivity index (χ3v) is 4.53. The Morgan fingerprint density at radius 1 is 0.926 bits per heavy atom. The zero-order valence-corrected chi connectivity index (χ0v) is 17.3. The fraction of sp³-hybridized carbons (Fsp3) is 0.667. The van der Waals surface area contributed by atoms with Crippen LogP contribution in [0.25, 0.3) is 0 Å². The summed E-state index contributed by atoms with van der Waals surface area (Å²) in [5.74, 6) is 0.322. The van der Waals surface area contributed by atoms with Crippen molar-refractivity contribution in [2.24, 2.45) is 0 Å². The lowest BCUT2D eigenvalue weighted by Crippen LogP contribution is -2.01. The van der Waals surface area contributed by atoms with Gasteiger partial charge in [0.2, 0.25) is 0 Å². The van der Waals surface area contributed by atoms with Crippen LogP contribution in [0.3, 0.4) is 0 Å². The summed E-state index contributed by atoms with van der Waals surface area (Å²) in [6, 6.07) is 8.71. The van der Waals surface area contributed by atoms with Gasteiger partial charge in [-0.05, 0) is 31.4 Å². The third-order valence-electron chi connectivity index (χ3n) is 4.53. The first kappa shape index (κ1) is 23.7. The lowest BCUT2D eigenvalue weighted by Gasteiger charge is -2.00. The summed E-state index contributed by atoms with van der Waals surface area (Å²) in [5.41, 5.74) is 0. The maximum absolute atomic E-state index is 8.63. The molecule has 3 nitrogen and oxygen atoms in total. The van der Waals surface area contributed by atoms with Gasteiger partial charge in [0, 0.05) is 0 Å². The molecule has 1 fully saturated rings. The van der Waals surface area contributed by atoms with Gasteiger partial charge in [-0.15, -0.1) is 0 Å². The van der Waals surface area contributed by atoms with E-state index >= 15 is 0 Å². The van der Waals surface area contributed by atoms with Crippen molar-refractivity contribution in [1.82, 2.24) is 0 Å². The van der Waals surface area contributed by atoms with E-state index in [0.29, 0.717) is 11.9 Å². The van der Waals surface area contributed by atoms with E-state index in [-0.39, 0.29) is 0 Å². The molecule has 1 aliphatic rings. The van der Waals surface area contributed by atoms with Crippen molar-refractivity contribution in [2.45, 2.75) is 83.7 Å². The van der Waals surface area contributed by atoms with Gasteiger partial charge in [0.25, 0.3) is 0 Å². The minimum atomic E-state index is 0.322. The van der Waals surface area contributed by atoms with Crippen molar-refractivity contribution in [2.75, 3.05) is 19.8 Å². The Morgan fingerprint density at radius 2 is 1.52 bits per heavy atom. The number of hydrogen-bond donors (Lipinski definition) is 1. The number of rotatable bonds is 15. The Bertz CT molecular complexity index is 440. The molecule has 3 heteroatoms. The average Bonchev–Trinajstić information content (AvgIpc) is 3.50. The van der Waals surface area contributed by atoms with E-state index in [1.807, 2.05) is 6.07 Å². The van der Waals surface area contributed by atoms with Crippen LogP contribution in [0.5, 0.6) is 5.75 Å². The van der Waals surface area contributed by atoms with Gasteiger partial charge in [-0.1, -0.05) is 88.6 Å². The van der Waals surface area contributed by atoms with Crippen LogP contribution < -0.4 is 0 Å². The van der Waals surface area contributed by atoms with Gasteiger partial charge in [-0.25, -0.2) is 0 Å². The molecule has 1 N–H and O–H groups in total. The number of phenols is 1. The van der Waals surface area contributed by atoms with Gasteiger partial charge < -0.3 is 14.6 Å². The molecule has 0 spiro atoms. The summed E-state index contributed by atoms with van der Waals surface area (Å²) < 4.78 is 10.6. The number of phenolic OH excluding ortho intramolecular Hbond substituents is 1. The van der Waals surface area contributed by atoms with Gasteiger partial charge in [-0.3, -0.25) is 0 Å². The second-order valence-electron chi connectivity index (χ2n) is 7.24. The summed E-state index contributed by atoms with van der Waals surface area (Å²) >= 11 is 0. The van der Waals surface area contributed by atoms with Crippen molar-refractivity contribution in [3.63, 3.8) is 0 Å². The lowest BCUT2D eigenvalue weighted by molar-refractivity contribution is 0.120. The SMILES string of the molecule is CCCCCCCCCCC/C=C/CCOCC1CO1.Oc1ccccc1. The molecule has 1 heterocycles. The molecule has 0 radical (unpaired) electrons. The second-order valence-corrected chi connectivity index (χ2v) is 7.24. The van der Waals surface area contributed by atoms with Crippen LogP contribution in [0.1, 0.15) is 77.6 Å². The molecule has 1 aromatic carbocycles. The fourth-order valence-electron chi connectivity index (χ4n) is 2.77. The Balaban J connectivity index is 0.000000433. The van der Waals surface area contributed by atoms with Crippen molar-refractivity contribution in [3.8, 4) is 5.75 Å². The van der Waals surface area contributed by atoms with E-state index in [9.17, 15) is 0 Å². The predicted octanol–water partition coefficient (Wildman–Crippen LogP) is 6.66. The molecule has 1 aromatic rings. The minimum absolute atomic E-state index is 0.322. The zero-order valence-electron chi connectivity index (χ0n) is 17.3. The summed E-state index contributed by atoms with van der Waals surface area (Å²) in [7, 11) is 0. The van der Waals surface area contributed by atoms with Crippen LogP contribution in [-0.4, -0.2) is 31.0 Å². The number of benzene rings is 1. The first-order chi connectivity index (χ1) is 13.3. The molecule has 1 unspecified atom stereocenters. The Kier molecular flexibility index (Phi) is 15.9. The minimum Gasteiger partial charge on any atom is -0.508 e. The number of aromatic hydroxyl groups is 1. The highest BCUT2D eigenvalue weighted by Crippen LogP contribution is 2.11. The molecular formula is C24H40O3. The van der Waals surface area contributed by atoms with Crippen molar-refractivity contribution in [3.05, 3.63) is 42.5 Å². The summed E-state index contributed by atoms with van der Waals surface area (Å²) in [6.45, 7) is 4.80. The molecule has 0 aliphatic carbocycles. The molecule has 1 saturated heterocycles. The number of ether oxygens (including phenoxy) is 2. The summed E-state index contributed by atoms with van der Waals surface area (Å²) in [5, 5.41) is 8.63. The molecule has 1 atom stereocenters. The second kappa shape index (κ2) is 18.1. The van der Waals surface area contributed by atoms with E-state index in [1.54, 1.807) is 24.3 Å². The zero-order chi connectivity index (χ0) is 19.4. The normalized spacial score (nSPS) is 15.5. The molecular weight excluding hydrogens is 336 g/mol. The van der Waals surface area contributed by atoms with Gasteiger partial charge in [0.1, 0.15) is 11.9 Å². The smallest absolute Gasteiger partial charge is 0.115 e. The van der Waals surface area contributed by atoms with Gasteiger partial charge in [0.05, 0.1) is 19.8 Å². The molecule has 1 aliphatic heterocycles. The van der Waals surface area contributed by atoms with Crippen LogP contribution in [-0.2, 0) is 9.47 Å². The van der Waals surface area contributed by atoms with Gasteiger partial charge >= 0.3 is 0 Å². The first-order valence-corrected chi connectivity index (χ1v) is 10.9. The van der Waals surface area contributed by atoms with Crippen molar-refractivity contribution in [1.29, 1.82) is 0 Å². The standard InChI is InChI=1S/C18H34O2.C6H6O/c1-2-3-4-5-6-7-8-9-10-11-12-13-14-15-19-16-18-17-20-18;7-6-4-2-1-3-5-6/h12-13,18H,2-11,14-17H2,1H3;1-5,7H/b13-12+;. The maximum Gasteiger partial charge on any atom is 0.115 e. The number of allylic oxidation sites excluding steroid dienone is 1. The lowest BCUT2D eigenvalue weighted by atomic mass is 10.1. The highest BCUT2D eigenvalue weighted by molar-refractivity contribution is 5.18. The van der Waals surface area contributed by atoms with E-state index < -0.39 is 0 Å².